The third kappa shape index (κ3) is 5.81. The van der Waals surface area contributed by atoms with E-state index in [1.165, 1.54) is 0 Å². The molecule has 0 aromatic rings. The molecule has 0 aromatic heterocycles. The van der Waals surface area contributed by atoms with Crippen molar-refractivity contribution in [1.29, 1.82) is 0 Å². The largest absolute Gasteiger partial charge is 0.462 e. The summed E-state index contributed by atoms with van der Waals surface area (Å²) < 4.78 is 4.78. The van der Waals surface area contributed by atoms with Crippen LogP contribution < -0.4 is 0 Å². The highest BCUT2D eigenvalue weighted by molar-refractivity contribution is 6.25. The van der Waals surface area contributed by atoms with Crippen molar-refractivity contribution in [1.82, 2.24) is 0 Å². The Morgan fingerprint density at radius 1 is 1.73 bits per heavy atom. The monoisotopic (exact) mass is 174 g/mol. The Hall–Kier alpha value is -0.613. The van der Waals surface area contributed by atoms with Crippen molar-refractivity contribution in [2.45, 2.75) is 19.4 Å². The van der Waals surface area contributed by atoms with Gasteiger partial charge in [0.05, 0.1) is 6.61 Å². The zero-order chi connectivity index (χ0) is 8.69. The van der Waals surface area contributed by atoms with Crippen LogP contribution in [0.2, 0.25) is 6.04 Å². The molecule has 0 rings (SSSR count). The Morgan fingerprint density at radius 3 is 2.82 bits per heavy atom. The zero-order valence-electron chi connectivity index (χ0n) is 6.80. The summed E-state index contributed by atoms with van der Waals surface area (Å²) in [5.41, 5.74) is 0.422. The van der Waals surface area contributed by atoms with Gasteiger partial charge in [-0.05, 0) is 19.4 Å². The van der Waals surface area contributed by atoms with Crippen LogP contribution >= 0.6 is 0 Å². The Labute approximate surface area is 69.0 Å². The maximum Gasteiger partial charge on any atom is 0.333 e. The number of hydrogen-bond donors (Lipinski definition) is 1. The van der Waals surface area contributed by atoms with Gasteiger partial charge in [-0.15, -0.1) is 0 Å². The summed E-state index contributed by atoms with van der Waals surface area (Å²) in [7, 11) is -0.864. The zero-order valence-corrected chi connectivity index (χ0v) is 8.21. The molecule has 64 valence electrons. The first-order valence-electron chi connectivity index (χ1n) is 3.62. The number of carbonyl (C=O) groups is 1. The van der Waals surface area contributed by atoms with Crippen LogP contribution in [0.1, 0.15) is 13.3 Å². The smallest absolute Gasteiger partial charge is 0.333 e. The van der Waals surface area contributed by atoms with Gasteiger partial charge in [0.15, 0.2) is 9.76 Å². The first-order chi connectivity index (χ1) is 5.18. The van der Waals surface area contributed by atoms with E-state index in [2.05, 4.69) is 6.58 Å². The van der Waals surface area contributed by atoms with Crippen LogP contribution in [0.15, 0.2) is 12.2 Å². The molecule has 1 N–H and O–H groups in total. The SMILES string of the molecule is C=C(C)C(=O)OCCC[SiH2]O. The van der Waals surface area contributed by atoms with E-state index in [-0.39, 0.29) is 5.97 Å². The van der Waals surface area contributed by atoms with Gasteiger partial charge in [-0.1, -0.05) is 6.58 Å². The molecule has 0 spiro atoms. The van der Waals surface area contributed by atoms with E-state index in [0.717, 1.165) is 12.5 Å². The molecule has 11 heavy (non-hydrogen) atoms. The quantitative estimate of drug-likeness (QED) is 0.276. The van der Waals surface area contributed by atoms with Crippen molar-refractivity contribution in [3.63, 3.8) is 0 Å². The lowest BCUT2D eigenvalue weighted by Gasteiger charge is -2.01. The number of carbonyl (C=O) groups excluding carboxylic acids is 1. The van der Waals surface area contributed by atoms with Crippen molar-refractivity contribution in [3.8, 4) is 0 Å². The second kappa shape index (κ2) is 6.12. The van der Waals surface area contributed by atoms with Crippen molar-refractivity contribution in [3.05, 3.63) is 12.2 Å². The van der Waals surface area contributed by atoms with Gasteiger partial charge in [-0.2, -0.15) is 0 Å². The fourth-order valence-corrected chi connectivity index (χ4v) is 0.930. The molecule has 3 nitrogen and oxygen atoms in total. The second-order valence-corrected chi connectivity index (χ2v) is 3.50. The first kappa shape index (κ1) is 10.4. The number of ether oxygens (including phenoxy) is 1. The molecule has 0 unspecified atom stereocenters. The van der Waals surface area contributed by atoms with E-state index in [0.29, 0.717) is 12.2 Å². The van der Waals surface area contributed by atoms with Crippen molar-refractivity contribution >= 4 is 15.7 Å². The molecule has 0 saturated carbocycles. The number of rotatable bonds is 5. The molecule has 0 amide bonds. The molecule has 0 heterocycles. The summed E-state index contributed by atoms with van der Waals surface area (Å²) in [6.07, 6.45) is 0.766. The Bertz CT molecular complexity index is 145. The van der Waals surface area contributed by atoms with Gasteiger partial charge in [-0.3, -0.25) is 0 Å². The van der Waals surface area contributed by atoms with Crippen LogP contribution in [-0.2, 0) is 9.53 Å². The number of hydrogen-bond acceptors (Lipinski definition) is 3. The molecule has 0 atom stereocenters. The second-order valence-electron chi connectivity index (χ2n) is 2.35. The summed E-state index contributed by atoms with van der Waals surface area (Å²) in [5, 5.41) is 0. The van der Waals surface area contributed by atoms with Crippen LogP contribution in [0.25, 0.3) is 0 Å². The summed E-state index contributed by atoms with van der Waals surface area (Å²) in [5.74, 6) is -0.343. The topological polar surface area (TPSA) is 46.5 Å². The maximum atomic E-state index is 10.7. The summed E-state index contributed by atoms with van der Waals surface area (Å²) in [6, 6.07) is 0.809. The standard InChI is InChI=1S/C7H14O3Si/c1-6(2)7(8)10-4-3-5-11-9/h9H,1,3-5,11H2,2H3. The van der Waals surface area contributed by atoms with Gasteiger partial charge in [0.2, 0.25) is 0 Å². The van der Waals surface area contributed by atoms with E-state index < -0.39 is 9.76 Å². The lowest BCUT2D eigenvalue weighted by atomic mass is 10.4. The minimum Gasteiger partial charge on any atom is -0.462 e. The van der Waals surface area contributed by atoms with Crippen molar-refractivity contribution in [2.24, 2.45) is 0 Å². The molecule has 0 aliphatic carbocycles. The Balaban J connectivity index is 3.25. The van der Waals surface area contributed by atoms with Gasteiger partial charge in [0.25, 0.3) is 0 Å². The van der Waals surface area contributed by atoms with E-state index in [1.807, 2.05) is 0 Å². The van der Waals surface area contributed by atoms with E-state index in [1.54, 1.807) is 6.92 Å². The van der Waals surface area contributed by atoms with Gasteiger partial charge in [0.1, 0.15) is 0 Å². The predicted molar refractivity (Wildman–Crippen MR) is 46.0 cm³/mol. The van der Waals surface area contributed by atoms with E-state index in [4.69, 9.17) is 9.53 Å². The molecule has 0 bridgehead atoms. The average Bonchev–Trinajstić information content (AvgIpc) is 1.97. The van der Waals surface area contributed by atoms with E-state index >= 15 is 0 Å². The predicted octanol–water partition coefficient (Wildman–Crippen LogP) is -0.00980. The maximum absolute atomic E-state index is 10.7. The molecule has 0 saturated heterocycles. The fraction of sp³-hybridized carbons (Fsp3) is 0.571. The Morgan fingerprint density at radius 2 is 2.36 bits per heavy atom. The summed E-state index contributed by atoms with van der Waals surface area (Å²) in [6.45, 7) is 5.45. The lowest BCUT2D eigenvalue weighted by Crippen LogP contribution is -2.06. The van der Waals surface area contributed by atoms with Gasteiger partial charge < -0.3 is 9.53 Å². The summed E-state index contributed by atoms with van der Waals surface area (Å²) >= 11 is 0. The molecule has 4 heteroatoms. The summed E-state index contributed by atoms with van der Waals surface area (Å²) in [4.78, 5) is 19.3. The van der Waals surface area contributed by atoms with Crippen molar-refractivity contribution in [2.75, 3.05) is 6.61 Å². The van der Waals surface area contributed by atoms with Gasteiger partial charge in [0, 0.05) is 5.57 Å². The highest BCUT2D eigenvalue weighted by atomic mass is 28.2. The molecule has 0 aliphatic heterocycles. The molecule has 0 aliphatic rings. The third-order valence-corrected chi connectivity index (χ3v) is 1.95. The van der Waals surface area contributed by atoms with E-state index in [9.17, 15) is 4.79 Å². The van der Waals surface area contributed by atoms with Crippen LogP contribution in [0.4, 0.5) is 0 Å². The number of esters is 1. The van der Waals surface area contributed by atoms with Crippen LogP contribution in [0.3, 0.4) is 0 Å². The molecule has 0 radical (unpaired) electrons. The first-order valence-corrected chi connectivity index (χ1v) is 5.25. The highest BCUT2D eigenvalue weighted by Crippen LogP contribution is 1.94. The molecular formula is C7H14O3Si. The average molecular weight is 174 g/mol. The Kier molecular flexibility index (Phi) is 5.78. The fourth-order valence-electron chi connectivity index (χ4n) is 0.502. The lowest BCUT2D eigenvalue weighted by molar-refractivity contribution is -0.138. The highest BCUT2D eigenvalue weighted by Gasteiger charge is 2.00. The normalized spacial score (nSPS) is 10.4. The van der Waals surface area contributed by atoms with Crippen LogP contribution in [0.5, 0.6) is 0 Å². The van der Waals surface area contributed by atoms with Crippen LogP contribution in [-0.4, -0.2) is 27.1 Å². The molecular weight excluding hydrogens is 160 g/mol. The third-order valence-electron chi connectivity index (χ3n) is 1.13. The van der Waals surface area contributed by atoms with Gasteiger partial charge in [-0.25, -0.2) is 4.79 Å². The van der Waals surface area contributed by atoms with Crippen LogP contribution in [0, 0.1) is 0 Å². The molecule has 0 fully saturated rings. The minimum absolute atomic E-state index is 0.343. The molecule has 0 aromatic carbocycles. The van der Waals surface area contributed by atoms with Crippen molar-refractivity contribution < 1.29 is 14.3 Å². The minimum atomic E-state index is -0.864. The van der Waals surface area contributed by atoms with Gasteiger partial charge >= 0.3 is 5.97 Å².